The van der Waals surface area contributed by atoms with Gasteiger partial charge < -0.3 is 14.4 Å². The molecule has 1 aliphatic heterocycles. The summed E-state index contributed by atoms with van der Waals surface area (Å²) in [6.07, 6.45) is 0. The Kier molecular flexibility index (Phi) is 9.47. The standard InChI is InChI=1S/C74H47NO2/c1-4-20-49(21-5-1)55-26-14-19-35-67(55)75(53-39-36-48(37-40-53)50-38-42-59-58-29-10-15-31-61(58)73(66(59)46-50,51-22-6-2-7-23-51)52-24-8-3-9-25-52)54-41-44-68-70(47-54)77-72-69(76-68)45-43-65-71(72)60-30-13-18-34-64(60)74(65)62-32-16-11-27-56(62)57-28-12-17-33-63(57)74/h1-47H. The van der Waals surface area contributed by atoms with E-state index >= 15 is 0 Å². The second-order valence-corrected chi connectivity index (χ2v) is 20.6. The zero-order valence-corrected chi connectivity index (χ0v) is 41.9. The number of hydrogen-bond acceptors (Lipinski definition) is 3. The number of ether oxygens (including phenoxy) is 2. The first-order valence-electron chi connectivity index (χ1n) is 26.6. The molecule has 0 saturated heterocycles. The molecule has 12 aromatic carbocycles. The maximum absolute atomic E-state index is 7.30. The van der Waals surface area contributed by atoms with Gasteiger partial charge in [0.15, 0.2) is 23.0 Å². The van der Waals surface area contributed by atoms with Gasteiger partial charge in [0.2, 0.25) is 0 Å². The number of rotatable bonds is 7. The van der Waals surface area contributed by atoms with E-state index in [-0.39, 0.29) is 0 Å². The van der Waals surface area contributed by atoms with Gasteiger partial charge in [0.1, 0.15) is 0 Å². The molecule has 0 atom stereocenters. The zero-order valence-electron chi connectivity index (χ0n) is 41.9. The lowest BCUT2D eigenvalue weighted by molar-refractivity contribution is 0.360. The number of para-hydroxylation sites is 1. The molecule has 0 fully saturated rings. The highest BCUT2D eigenvalue weighted by Gasteiger charge is 2.53. The highest BCUT2D eigenvalue weighted by molar-refractivity contribution is 5.98. The van der Waals surface area contributed by atoms with Crippen LogP contribution in [0.25, 0.3) is 55.6 Å². The Bertz CT molecular complexity index is 4250. The number of fused-ring (bicyclic) bond motifs is 16. The van der Waals surface area contributed by atoms with Crippen molar-refractivity contribution in [3.8, 4) is 78.6 Å². The van der Waals surface area contributed by atoms with Gasteiger partial charge in [-0.15, -0.1) is 0 Å². The minimum absolute atomic E-state index is 0.487. The van der Waals surface area contributed by atoms with Gasteiger partial charge >= 0.3 is 0 Å². The molecule has 3 aliphatic carbocycles. The number of benzene rings is 12. The minimum Gasteiger partial charge on any atom is -0.449 e. The molecule has 0 bridgehead atoms. The fraction of sp³-hybridized carbons (Fsp3) is 0.0270. The van der Waals surface area contributed by atoms with Crippen LogP contribution < -0.4 is 14.4 Å². The summed E-state index contributed by atoms with van der Waals surface area (Å²) in [5, 5.41) is 0. The molecule has 16 rings (SSSR count). The summed E-state index contributed by atoms with van der Waals surface area (Å²) in [5.74, 6) is 2.77. The van der Waals surface area contributed by atoms with E-state index in [2.05, 4.69) is 290 Å². The summed E-state index contributed by atoms with van der Waals surface area (Å²) < 4.78 is 14.2. The van der Waals surface area contributed by atoms with Gasteiger partial charge in [-0.1, -0.05) is 237 Å². The molecule has 12 aromatic rings. The lowest BCUT2D eigenvalue weighted by atomic mass is 9.67. The lowest BCUT2D eigenvalue weighted by Gasteiger charge is -2.34. The highest BCUT2D eigenvalue weighted by Crippen LogP contribution is 2.66. The first-order valence-corrected chi connectivity index (χ1v) is 26.6. The average Bonchev–Trinajstić information content (AvgIpc) is 3.91. The van der Waals surface area contributed by atoms with Crippen LogP contribution in [0.5, 0.6) is 23.0 Å². The van der Waals surface area contributed by atoms with Crippen molar-refractivity contribution in [2.24, 2.45) is 0 Å². The van der Waals surface area contributed by atoms with Crippen molar-refractivity contribution in [1.29, 1.82) is 0 Å². The Hall–Kier alpha value is -9.96. The van der Waals surface area contributed by atoms with Crippen LogP contribution in [0.15, 0.2) is 285 Å². The Balaban J connectivity index is 0.829. The van der Waals surface area contributed by atoms with E-state index in [4.69, 9.17) is 9.47 Å². The SMILES string of the molecule is c1ccc(-c2ccccc2N(c2ccc(-c3ccc4c(c3)C(c3ccccc3)(c3ccccc3)c3ccccc3-4)cc2)c2ccc3c(c2)Oc2c(ccc4c2-c2ccccc2C42c4ccccc4-c4ccccc42)O3)cc1. The molecule has 0 N–H and O–H groups in total. The van der Waals surface area contributed by atoms with Crippen LogP contribution in [0.4, 0.5) is 17.1 Å². The molecular formula is C74H47NO2. The lowest BCUT2D eigenvalue weighted by Crippen LogP contribution is -2.28. The van der Waals surface area contributed by atoms with E-state index in [0.717, 1.165) is 56.2 Å². The van der Waals surface area contributed by atoms with Crippen LogP contribution in [0.2, 0.25) is 0 Å². The molecule has 3 nitrogen and oxygen atoms in total. The van der Waals surface area contributed by atoms with Crippen molar-refractivity contribution in [3.05, 3.63) is 330 Å². The third-order valence-corrected chi connectivity index (χ3v) is 16.8. The zero-order chi connectivity index (χ0) is 50.7. The summed E-state index contributed by atoms with van der Waals surface area (Å²) in [5.41, 5.74) is 24.0. The minimum atomic E-state index is -0.499. The molecule has 1 heterocycles. The molecule has 0 saturated carbocycles. The smallest absolute Gasteiger partial charge is 0.178 e. The molecule has 0 radical (unpaired) electrons. The van der Waals surface area contributed by atoms with Crippen molar-refractivity contribution in [1.82, 2.24) is 0 Å². The van der Waals surface area contributed by atoms with E-state index in [1.54, 1.807) is 0 Å². The Morgan fingerprint density at radius 1 is 0.260 bits per heavy atom. The largest absolute Gasteiger partial charge is 0.449 e. The van der Waals surface area contributed by atoms with Crippen molar-refractivity contribution in [2.45, 2.75) is 10.8 Å². The van der Waals surface area contributed by atoms with Crippen LogP contribution in [0.3, 0.4) is 0 Å². The van der Waals surface area contributed by atoms with Gasteiger partial charge in [0.05, 0.1) is 22.2 Å². The van der Waals surface area contributed by atoms with Crippen molar-refractivity contribution >= 4 is 17.1 Å². The summed E-state index contributed by atoms with van der Waals surface area (Å²) in [7, 11) is 0. The number of nitrogens with zero attached hydrogens (tertiary/aromatic N) is 1. The van der Waals surface area contributed by atoms with E-state index < -0.39 is 10.8 Å². The fourth-order valence-electron chi connectivity index (χ4n) is 13.7. The molecule has 0 aromatic heterocycles. The number of hydrogen-bond donors (Lipinski definition) is 0. The Morgan fingerprint density at radius 2 is 0.740 bits per heavy atom. The van der Waals surface area contributed by atoms with E-state index in [1.807, 2.05) is 0 Å². The molecule has 0 amide bonds. The van der Waals surface area contributed by atoms with Crippen LogP contribution in [-0.2, 0) is 10.8 Å². The maximum Gasteiger partial charge on any atom is 0.178 e. The van der Waals surface area contributed by atoms with Gasteiger partial charge in [-0.25, -0.2) is 0 Å². The van der Waals surface area contributed by atoms with Gasteiger partial charge in [-0.2, -0.15) is 0 Å². The predicted molar refractivity (Wildman–Crippen MR) is 312 cm³/mol. The molecule has 0 unspecified atom stereocenters. The van der Waals surface area contributed by atoms with Crippen LogP contribution in [0.1, 0.15) is 44.5 Å². The van der Waals surface area contributed by atoms with E-state index in [1.165, 1.54) is 66.8 Å². The third kappa shape index (κ3) is 6.14. The normalized spacial score (nSPS) is 13.9. The fourth-order valence-corrected chi connectivity index (χ4v) is 13.7. The van der Waals surface area contributed by atoms with Crippen LogP contribution in [-0.4, -0.2) is 0 Å². The molecule has 77 heavy (non-hydrogen) atoms. The van der Waals surface area contributed by atoms with Gasteiger partial charge in [-0.05, 0) is 131 Å². The van der Waals surface area contributed by atoms with Gasteiger partial charge in [-0.3, -0.25) is 0 Å². The summed E-state index contributed by atoms with van der Waals surface area (Å²) >= 11 is 0. The van der Waals surface area contributed by atoms with Gasteiger partial charge in [0, 0.05) is 22.9 Å². The van der Waals surface area contributed by atoms with Crippen molar-refractivity contribution in [3.63, 3.8) is 0 Å². The van der Waals surface area contributed by atoms with Crippen molar-refractivity contribution < 1.29 is 9.47 Å². The number of anilines is 3. The van der Waals surface area contributed by atoms with Crippen LogP contribution in [0, 0.1) is 0 Å². The first-order chi connectivity index (χ1) is 38.2. The second-order valence-electron chi connectivity index (χ2n) is 20.6. The third-order valence-electron chi connectivity index (χ3n) is 16.8. The Morgan fingerprint density at radius 3 is 1.38 bits per heavy atom. The monoisotopic (exact) mass is 981 g/mol. The first kappa shape index (κ1) is 43.4. The molecule has 4 aliphatic rings. The second kappa shape index (κ2) is 16.8. The molecular weight excluding hydrogens is 935 g/mol. The summed E-state index contributed by atoms with van der Waals surface area (Å²) in [6, 6.07) is 104. The summed E-state index contributed by atoms with van der Waals surface area (Å²) in [6.45, 7) is 0. The maximum atomic E-state index is 7.30. The summed E-state index contributed by atoms with van der Waals surface area (Å²) in [4.78, 5) is 2.35. The predicted octanol–water partition coefficient (Wildman–Crippen LogP) is 19.1. The van der Waals surface area contributed by atoms with E-state index in [9.17, 15) is 0 Å². The molecule has 360 valence electrons. The van der Waals surface area contributed by atoms with Crippen LogP contribution >= 0.6 is 0 Å². The topological polar surface area (TPSA) is 21.7 Å². The molecule has 1 spiro atoms. The average molecular weight is 982 g/mol. The van der Waals surface area contributed by atoms with E-state index in [0.29, 0.717) is 17.2 Å². The highest BCUT2D eigenvalue weighted by atomic mass is 16.6. The quantitative estimate of drug-likeness (QED) is 0.159. The molecule has 3 heteroatoms. The van der Waals surface area contributed by atoms with Gasteiger partial charge in [0.25, 0.3) is 0 Å². The van der Waals surface area contributed by atoms with Crippen molar-refractivity contribution in [2.75, 3.05) is 4.90 Å². The Labute approximate surface area is 448 Å².